The highest BCUT2D eigenvalue weighted by atomic mass is 15.1. The Kier molecular flexibility index (Phi) is 8.61. The molecule has 0 saturated carbocycles. The Morgan fingerprint density at radius 2 is 0.778 bits per heavy atom. The molecule has 0 aromatic heterocycles. The number of nitrogens with zero attached hydrogens (tertiary/aromatic N) is 1. The summed E-state index contributed by atoms with van der Waals surface area (Å²) in [4.78, 5) is 2.42. The van der Waals surface area contributed by atoms with Crippen molar-refractivity contribution in [3.8, 4) is 22.3 Å². The van der Waals surface area contributed by atoms with Crippen LogP contribution in [-0.4, -0.2) is 0 Å². The van der Waals surface area contributed by atoms with Gasteiger partial charge in [-0.25, -0.2) is 0 Å². The molecule has 0 spiro atoms. The molecule has 54 heavy (non-hydrogen) atoms. The highest BCUT2D eigenvalue weighted by molar-refractivity contribution is 6.05. The van der Waals surface area contributed by atoms with Gasteiger partial charge in [0.25, 0.3) is 0 Å². The van der Waals surface area contributed by atoms with E-state index in [2.05, 4.69) is 231 Å². The monoisotopic (exact) mass is 691 g/mol. The molecule has 0 radical (unpaired) electrons. The number of benzene rings is 8. The minimum atomic E-state index is -0.115. The van der Waals surface area contributed by atoms with Crippen molar-refractivity contribution < 1.29 is 0 Å². The van der Waals surface area contributed by atoms with Gasteiger partial charge in [-0.05, 0) is 103 Å². The lowest BCUT2D eigenvalue weighted by atomic mass is 9.82. The highest BCUT2D eigenvalue weighted by Crippen LogP contribution is 2.51. The van der Waals surface area contributed by atoms with Gasteiger partial charge < -0.3 is 4.90 Å². The molecule has 0 amide bonds. The van der Waals surface area contributed by atoms with Crippen LogP contribution in [0.5, 0.6) is 0 Å². The van der Waals surface area contributed by atoms with Crippen molar-refractivity contribution in [3.05, 3.63) is 246 Å². The predicted octanol–water partition coefficient (Wildman–Crippen LogP) is 14.1. The van der Waals surface area contributed by atoms with Gasteiger partial charge in [-0.2, -0.15) is 0 Å². The van der Waals surface area contributed by atoms with Crippen molar-refractivity contribution in [1.29, 1.82) is 0 Å². The fourth-order valence-electron chi connectivity index (χ4n) is 8.24. The Morgan fingerprint density at radius 1 is 0.333 bits per heavy atom. The molecular formula is C53H41N. The summed E-state index contributed by atoms with van der Waals surface area (Å²) in [6, 6.07) is 77.0. The van der Waals surface area contributed by atoms with Gasteiger partial charge in [0.05, 0.1) is 0 Å². The zero-order valence-corrected chi connectivity index (χ0v) is 30.7. The first-order valence-corrected chi connectivity index (χ1v) is 18.8. The number of rotatable bonds is 8. The molecule has 1 aliphatic rings. The lowest BCUT2D eigenvalue weighted by Gasteiger charge is -2.29. The largest absolute Gasteiger partial charge is 0.310 e. The Bertz CT molecular complexity index is 2540. The summed E-state index contributed by atoms with van der Waals surface area (Å²) in [6.45, 7) is 4.71. The molecule has 1 heteroatoms. The SMILES string of the molecule is CC1(C)c2ccccc2-c2ccc(N(c3ccc(-c4ccccc4)cc3)c3cccc(C(=C(c4ccccc4)c4ccccc4)c4ccccc4)c3)cc21. The maximum atomic E-state index is 2.42. The summed E-state index contributed by atoms with van der Waals surface area (Å²) in [5.74, 6) is 0. The minimum Gasteiger partial charge on any atom is -0.310 e. The Balaban J connectivity index is 1.26. The maximum absolute atomic E-state index is 2.42. The van der Waals surface area contributed by atoms with Gasteiger partial charge in [-0.3, -0.25) is 0 Å². The summed E-state index contributed by atoms with van der Waals surface area (Å²) in [5.41, 5.74) is 18.1. The molecule has 0 aliphatic heterocycles. The van der Waals surface area contributed by atoms with E-state index in [1.165, 1.54) is 61.2 Å². The van der Waals surface area contributed by atoms with Crippen molar-refractivity contribution in [3.63, 3.8) is 0 Å². The lowest BCUT2D eigenvalue weighted by Crippen LogP contribution is -2.16. The van der Waals surface area contributed by atoms with Gasteiger partial charge in [0, 0.05) is 22.5 Å². The van der Waals surface area contributed by atoms with Gasteiger partial charge in [-0.1, -0.05) is 190 Å². The zero-order chi connectivity index (χ0) is 36.5. The number of anilines is 3. The maximum Gasteiger partial charge on any atom is 0.0467 e. The average Bonchev–Trinajstić information content (AvgIpc) is 3.47. The van der Waals surface area contributed by atoms with E-state index in [1.807, 2.05) is 0 Å². The zero-order valence-electron chi connectivity index (χ0n) is 30.7. The molecule has 258 valence electrons. The van der Waals surface area contributed by atoms with Crippen LogP contribution in [-0.2, 0) is 5.41 Å². The molecule has 1 nitrogen and oxygen atoms in total. The molecule has 0 saturated heterocycles. The molecular weight excluding hydrogens is 651 g/mol. The molecule has 0 heterocycles. The standard InChI is InChI=1S/C53H41N/c1-53(2)49-29-16-15-28-47(49)48-35-34-46(37-50(48)53)54(44-32-30-39(31-33-44)38-18-7-3-8-19-38)45-27-17-26-43(36-45)52(42-24-13-6-14-25-42)51(40-20-9-4-10-21-40)41-22-11-5-12-23-41/h3-37H,1-2H3. The van der Waals surface area contributed by atoms with Crippen molar-refractivity contribution in [1.82, 2.24) is 0 Å². The van der Waals surface area contributed by atoms with Gasteiger partial charge >= 0.3 is 0 Å². The van der Waals surface area contributed by atoms with Crippen LogP contribution in [0, 0.1) is 0 Å². The quantitative estimate of drug-likeness (QED) is 0.143. The van der Waals surface area contributed by atoms with E-state index in [1.54, 1.807) is 0 Å². The second-order valence-electron chi connectivity index (χ2n) is 14.5. The molecule has 0 unspecified atom stereocenters. The summed E-state index contributed by atoms with van der Waals surface area (Å²) >= 11 is 0. The summed E-state index contributed by atoms with van der Waals surface area (Å²) in [6.07, 6.45) is 0. The molecule has 8 aromatic carbocycles. The molecule has 9 rings (SSSR count). The fourth-order valence-corrected chi connectivity index (χ4v) is 8.24. The van der Waals surface area contributed by atoms with Crippen LogP contribution in [0.1, 0.15) is 47.2 Å². The first-order chi connectivity index (χ1) is 26.6. The van der Waals surface area contributed by atoms with Gasteiger partial charge in [-0.15, -0.1) is 0 Å². The van der Waals surface area contributed by atoms with Crippen LogP contribution in [0.15, 0.2) is 212 Å². The van der Waals surface area contributed by atoms with Crippen molar-refractivity contribution in [2.24, 2.45) is 0 Å². The van der Waals surface area contributed by atoms with Crippen molar-refractivity contribution in [2.45, 2.75) is 19.3 Å². The van der Waals surface area contributed by atoms with Crippen LogP contribution in [0.4, 0.5) is 17.1 Å². The van der Waals surface area contributed by atoms with E-state index in [0.717, 1.165) is 22.6 Å². The van der Waals surface area contributed by atoms with E-state index in [-0.39, 0.29) is 5.41 Å². The van der Waals surface area contributed by atoms with Crippen molar-refractivity contribution in [2.75, 3.05) is 4.90 Å². The topological polar surface area (TPSA) is 3.24 Å². The van der Waals surface area contributed by atoms with Gasteiger partial charge in [0.15, 0.2) is 0 Å². The van der Waals surface area contributed by atoms with Crippen LogP contribution in [0.2, 0.25) is 0 Å². The Labute approximate surface area is 319 Å². The normalized spacial score (nSPS) is 12.4. The molecule has 1 aliphatic carbocycles. The minimum absolute atomic E-state index is 0.115. The first kappa shape index (κ1) is 33.2. The summed E-state index contributed by atoms with van der Waals surface area (Å²) in [5, 5.41) is 0. The van der Waals surface area contributed by atoms with Crippen LogP contribution >= 0.6 is 0 Å². The average molecular weight is 692 g/mol. The lowest BCUT2D eigenvalue weighted by molar-refractivity contribution is 0.660. The van der Waals surface area contributed by atoms with Crippen LogP contribution in [0.25, 0.3) is 33.4 Å². The summed E-state index contributed by atoms with van der Waals surface area (Å²) < 4.78 is 0. The number of hydrogen-bond donors (Lipinski definition) is 0. The van der Waals surface area contributed by atoms with E-state index in [9.17, 15) is 0 Å². The van der Waals surface area contributed by atoms with Crippen molar-refractivity contribution >= 4 is 28.2 Å². The van der Waals surface area contributed by atoms with Gasteiger partial charge in [0.1, 0.15) is 0 Å². The molecule has 0 atom stereocenters. The van der Waals surface area contributed by atoms with E-state index < -0.39 is 0 Å². The molecule has 8 aromatic rings. The third kappa shape index (κ3) is 6.04. The Hall–Kier alpha value is -6.70. The van der Waals surface area contributed by atoms with E-state index >= 15 is 0 Å². The third-order valence-corrected chi connectivity index (χ3v) is 10.9. The first-order valence-electron chi connectivity index (χ1n) is 18.8. The van der Waals surface area contributed by atoms with Gasteiger partial charge in [0.2, 0.25) is 0 Å². The molecule has 0 fully saturated rings. The van der Waals surface area contributed by atoms with E-state index in [0.29, 0.717) is 0 Å². The molecule has 0 N–H and O–H groups in total. The van der Waals surface area contributed by atoms with Crippen LogP contribution in [0.3, 0.4) is 0 Å². The second kappa shape index (κ2) is 14.0. The third-order valence-electron chi connectivity index (χ3n) is 10.9. The second-order valence-corrected chi connectivity index (χ2v) is 14.5. The smallest absolute Gasteiger partial charge is 0.0467 e. The fraction of sp³-hybridized carbons (Fsp3) is 0.0566. The van der Waals surface area contributed by atoms with E-state index in [4.69, 9.17) is 0 Å². The number of hydrogen-bond acceptors (Lipinski definition) is 1. The summed E-state index contributed by atoms with van der Waals surface area (Å²) in [7, 11) is 0. The van der Waals surface area contributed by atoms with Crippen LogP contribution < -0.4 is 4.90 Å². The molecule has 0 bridgehead atoms. The highest BCUT2D eigenvalue weighted by Gasteiger charge is 2.35. The Morgan fingerprint density at radius 3 is 1.39 bits per heavy atom. The predicted molar refractivity (Wildman–Crippen MR) is 228 cm³/mol. The number of fused-ring (bicyclic) bond motifs is 3.